The first-order valence-electron chi connectivity index (χ1n) is 10.9. The molecule has 0 spiro atoms. The van der Waals surface area contributed by atoms with Crippen molar-refractivity contribution >= 4 is 5.91 Å². The van der Waals surface area contributed by atoms with Gasteiger partial charge in [-0.15, -0.1) is 0 Å². The quantitative estimate of drug-likeness (QED) is 0.429. The monoisotopic (exact) mass is 460 g/mol. The lowest BCUT2D eigenvalue weighted by molar-refractivity contribution is 0.0709. The number of methoxy groups -OCH3 is 2. The minimum absolute atomic E-state index is 0.128. The number of amides is 1. The molecule has 0 radical (unpaired) electrons. The summed E-state index contributed by atoms with van der Waals surface area (Å²) < 4.78 is 16.5. The zero-order valence-corrected chi connectivity index (χ0v) is 19.1. The van der Waals surface area contributed by atoms with Gasteiger partial charge in [0.15, 0.2) is 11.5 Å². The molecular weight excluding hydrogens is 436 g/mol. The molecule has 0 bridgehead atoms. The Morgan fingerprint density at radius 3 is 2.71 bits per heavy atom. The van der Waals surface area contributed by atoms with Crippen molar-refractivity contribution in [3.8, 4) is 28.6 Å². The Kier molecular flexibility index (Phi) is 5.70. The topological polar surface area (TPSA) is 108 Å². The van der Waals surface area contributed by atoms with Crippen LogP contribution in [0.5, 0.6) is 11.5 Å². The summed E-state index contributed by atoms with van der Waals surface area (Å²) in [5.74, 6) is 1.73. The van der Waals surface area contributed by atoms with Gasteiger partial charge in [-0.3, -0.25) is 4.79 Å². The molecular formula is C24H24N6O4. The predicted molar refractivity (Wildman–Crippen MR) is 122 cm³/mol. The molecule has 0 saturated carbocycles. The number of benzene rings is 2. The van der Waals surface area contributed by atoms with Crippen molar-refractivity contribution < 1.29 is 18.8 Å². The highest BCUT2D eigenvalue weighted by Crippen LogP contribution is 2.38. The van der Waals surface area contributed by atoms with E-state index >= 15 is 0 Å². The maximum absolute atomic E-state index is 13.7. The molecule has 1 saturated heterocycles. The standard InChI is InChI=1S/C24H24N6O4/c1-15-9-10-18(30-25-11-12-26-30)17(14-15)24(31)29-13-5-7-19(29)23-27-22(28-34-23)16-6-4-8-20(32-2)21(16)33-3/h4,6,8-12,14,19H,5,7,13H2,1-3H3. The molecule has 1 aliphatic rings. The number of hydrogen-bond donors (Lipinski definition) is 0. The molecule has 0 N–H and O–H groups in total. The van der Waals surface area contributed by atoms with Crippen LogP contribution in [0.1, 0.15) is 40.7 Å². The molecule has 1 atom stereocenters. The molecule has 1 fully saturated rings. The fourth-order valence-corrected chi connectivity index (χ4v) is 4.30. The second kappa shape index (κ2) is 8.97. The van der Waals surface area contributed by atoms with Gasteiger partial charge in [0, 0.05) is 6.54 Å². The predicted octanol–water partition coefficient (Wildman–Crippen LogP) is 3.62. The Bertz CT molecular complexity index is 1320. The van der Waals surface area contributed by atoms with Crippen LogP contribution in [0.3, 0.4) is 0 Å². The van der Waals surface area contributed by atoms with Crippen LogP contribution >= 0.6 is 0 Å². The first-order chi connectivity index (χ1) is 16.6. The summed E-state index contributed by atoms with van der Waals surface area (Å²) in [7, 11) is 3.14. The first kappa shape index (κ1) is 21.6. The van der Waals surface area contributed by atoms with E-state index in [2.05, 4.69) is 20.3 Å². The number of aromatic nitrogens is 5. The van der Waals surface area contributed by atoms with E-state index in [0.29, 0.717) is 46.6 Å². The number of likely N-dealkylation sites (tertiary alicyclic amines) is 1. The van der Waals surface area contributed by atoms with Gasteiger partial charge in [0.05, 0.1) is 43.4 Å². The molecule has 2 aromatic carbocycles. The van der Waals surface area contributed by atoms with Crippen molar-refractivity contribution in [3.63, 3.8) is 0 Å². The third-order valence-electron chi connectivity index (χ3n) is 5.90. The van der Waals surface area contributed by atoms with Gasteiger partial charge in [-0.2, -0.15) is 20.0 Å². The largest absolute Gasteiger partial charge is 0.493 e. The minimum Gasteiger partial charge on any atom is -0.493 e. The molecule has 10 heteroatoms. The molecule has 0 aliphatic carbocycles. The van der Waals surface area contributed by atoms with Crippen LogP contribution in [0.2, 0.25) is 0 Å². The highest BCUT2D eigenvalue weighted by Gasteiger charge is 2.36. The zero-order chi connectivity index (χ0) is 23.7. The summed E-state index contributed by atoms with van der Waals surface area (Å²) in [5, 5.41) is 12.6. The Hall–Kier alpha value is -4.21. The number of hydrogen-bond acceptors (Lipinski definition) is 8. The van der Waals surface area contributed by atoms with Crippen molar-refractivity contribution in [3.05, 3.63) is 65.8 Å². The lowest BCUT2D eigenvalue weighted by Crippen LogP contribution is -2.31. The van der Waals surface area contributed by atoms with Crippen molar-refractivity contribution in [2.75, 3.05) is 20.8 Å². The van der Waals surface area contributed by atoms with Gasteiger partial charge < -0.3 is 18.9 Å². The van der Waals surface area contributed by atoms with Crippen molar-refractivity contribution in [1.29, 1.82) is 0 Å². The van der Waals surface area contributed by atoms with Crippen LogP contribution in [0.25, 0.3) is 17.1 Å². The van der Waals surface area contributed by atoms with Crippen LogP contribution in [-0.4, -0.2) is 56.7 Å². The highest BCUT2D eigenvalue weighted by atomic mass is 16.5. The summed E-state index contributed by atoms with van der Waals surface area (Å²) in [5.41, 5.74) is 2.77. The molecule has 1 unspecified atom stereocenters. The van der Waals surface area contributed by atoms with E-state index < -0.39 is 0 Å². The first-order valence-corrected chi connectivity index (χ1v) is 10.9. The molecule has 1 aliphatic heterocycles. The number of para-hydroxylation sites is 1. The number of aryl methyl sites for hydroxylation is 1. The van der Waals surface area contributed by atoms with Gasteiger partial charge in [0.25, 0.3) is 5.91 Å². The van der Waals surface area contributed by atoms with Gasteiger partial charge in [-0.25, -0.2) is 0 Å². The number of rotatable bonds is 6. The normalized spacial score (nSPS) is 15.5. The van der Waals surface area contributed by atoms with Crippen molar-refractivity contribution in [2.45, 2.75) is 25.8 Å². The second-order valence-corrected chi connectivity index (χ2v) is 7.99. The second-order valence-electron chi connectivity index (χ2n) is 7.99. The molecule has 3 heterocycles. The van der Waals surface area contributed by atoms with Gasteiger partial charge in [-0.1, -0.05) is 22.9 Å². The average Bonchev–Trinajstić information content (AvgIpc) is 3.64. The van der Waals surface area contributed by atoms with E-state index in [1.807, 2.05) is 37.3 Å². The Balaban J connectivity index is 1.48. The number of carbonyl (C=O) groups is 1. The maximum Gasteiger partial charge on any atom is 0.256 e. The van der Waals surface area contributed by atoms with Gasteiger partial charge in [0.1, 0.15) is 6.04 Å². The van der Waals surface area contributed by atoms with E-state index in [4.69, 9.17) is 14.0 Å². The number of nitrogens with zero attached hydrogens (tertiary/aromatic N) is 6. The van der Waals surface area contributed by atoms with Crippen LogP contribution in [-0.2, 0) is 0 Å². The average molecular weight is 460 g/mol. The van der Waals surface area contributed by atoms with Crippen LogP contribution in [0.4, 0.5) is 0 Å². The van der Waals surface area contributed by atoms with E-state index in [0.717, 1.165) is 18.4 Å². The van der Waals surface area contributed by atoms with Gasteiger partial charge in [-0.05, 0) is 44.0 Å². The maximum atomic E-state index is 13.7. The Labute approximate surface area is 196 Å². The number of ether oxygens (including phenoxy) is 2. The van der Waals surface area contributed by atoms with Gasteiger partial charge in [0.2, 0.25) is 11.7 Å². The van der Waals surface area contributed by atoms with E-state index in [9.17, 15) is 4.79 Å². The van der Waals surface area contributed by atoms with E-state index in [1.54, 1.807) is 37.6 Å². The molecule has 5 rings (SSSR count). The van der Waals surface area contributed by atoms with Crippen LogP contribution < -0.4 is 9.47 Å². The smallest absolute Gasteiger partial charge is 0.256 e. The van der Waals surface area contributed by atoms with Crippen molar-refractivity contribution in [2.24, 2.45) is 0 Å². The molecule has 4 aromatic rings. The lowest BCUT2D eigenvalue weighted by atomic mass is 10.1. The Morgan fingerprint density at radius 2 is 1.94 bits per heavy atom. The highest BCUT2D eigenvalue weighted by molar-refractivity contribution is 5.98. The summed E-state index contributed by atoms with van der Waals surface area (Å²) in [6.45, 7) is 2.54. The third-order valence-corrected chi connectivity index (χ3v) is 5.90. The SMILES string of the molecule is COc1cccc(-c2noc(C3CCCN3C(=O)c3cc(C)ccc3-n3nccn3)n2)c1OC. The van der Waals surface area contributed by atoms with Crippen LogP contribution in [0.15, 0.2) is 53.3 Å². The third kappa shape index (κ3) is 3.76. The molecule has 1 amide bonds. The van der Waals surface area contributed by atoms with E-state index in [-0.39, 0.29) is 11.9 Å². The fraction of sp³-hybridized carbons (Fsp3) is 0.292. The summed E-state index contributed by atoms with van der Waals surface area (Å²) in [6, 6.07) is 10.8. The zero-order valence-electron chi connectivity index (χ0n) is 19.1. The molecule has 10 nitrogen and oxygen atoms in total. The summed E-state index contributed by atoms with van der Waals surface area (Å²) >= 11 is 0. The lowest BCUT2D eigenvalue weighted by Gasteiger charge is -2.23. The molecule has 34 heavy (non-hydrogen) atoms. The Morgan fingerprint density at radius 1 is 1.12 bits per heavy atom. The van der Waals surface area contributed by atoms with E-state index in [1.165, 1.54) is 4.80 Å². The number of carbonyl (C=O) groups excluding carboxylic acids is 1. The van der Waals surface area contributed by atoms with Crippen LogP contribution in [0, 0.1) is 6.92 Å². The fourth-order valence-electron chi connectivity index (χ4n) is 4.30. The van der Waals surface area contributed by atoms with Gasteiger partial charge >= 0.3 is 0 Å². The molecule has 174 valence electrons. The molecule has 2 aromatic heterocycles. The summed E-state index contributed by atoms with van der Waals surface area (Å²) in [4.78, 5) is 21.6. The van der Waals surface area contributed by atoms with Crippen molar-refractivity contribution in [1.82, 2.24) is 30.0 Å². The summed E-state index contributed by atoms with van der Waals surface area (Å²) in [6.07, 6.45) is 4.72. The minimum atomic E-state index is -0.329.